The third-order valence-electron chi connectivity index (χ3n) is 7.16. The Morgan fingerprint density at radius 1 is 0.914 bits per heavy atom. The number of amidine groups is 1. The average molecular weight is 523 g/mol. The van der Waals surface area contributed by atoms with Crippen LogP contribution in [0.25, 0.3) is 0 Å². The number of fused-ring (bicyclic) bond motifs is 1. The highest BCUT2D eigenvalue weighted by Crippen LogP contribution is 2.53. The summed E-state index contributed by atoms with van der Waals surface area (Å²) in [6, 6.07) is 22.4. The lowest BCUT2D eigenvalue weighted by molar-refractivity contribution is 0.0974. The molecule has 1 fully saturated rings. The van der Waals surface area contributed by atoms with E-state index < -0.39 is 0 Å². The molecule has 0 radical (unpaired) electrons. The number of aliphatic imine (C=N–C) groups is 1. The zero-order valence-corrected chi connectivity index (χ0v) is 21.0. The maximum Gasteiger partial charge on any atom is 0.256 e. The fourth-order valence-electron chi connectivity index (χ4n) is 5.54. The molecule has 1 N–H and O–H groups in total. The number of rotatable bonds is 3. The van der Waals surface area contributed by atoms with Crippen molar-refractivity contribution in [3.05, 3.63) is 104 Å². The molecule has 4 atom stereocenters. The molecule has 1 amide bonds. The summed E-state index contributed by atoms with van der Waals surface area (Å²) in [6.07, 6.45) is 1.80. The molecule has 1 aliphatic heterocycles. The molecule has 1 heterocycles. The molecule has 0 aromatic heterocycles. The van der Waals surface area contributed by atoms with Gasteiger partial charge in [-0.2, -0.15) is 5.26 Å². The van der Waals surface area contributed by atoms with Gasteiger partial charge < -0.3 is 5.32 Å². The number of benzene rings is 3. The van der Waals surface area contributed by atoms with Crippen LogP contribution in [-0.4, -0.2) is 18.3 Å². The van der Waals surface area contributed by atoms with E-state index in [1.165, 1.54) is 5.56 Å². The summed E-state index contributed by atoms with van der Waals surface area (Å²) >= 11 is 19.0. The zero-order chi connectivity index (χ0) is 24.5. The third kappa shape index (κ3) is 4.82. The van der Waals surface area contributed by atoms with Crippen molar-refractivity contribution in [3.63, 3.8) is 0 Å². The Bertz CT molecular complexity index is 1330. The van der Waals surface area contributed by atoms with Gasteiger partial charge in [0.15, 0.2) is 0 Å². The standard InChI is InChI=1S/C28H22Cl3N3O/c29-19-7-5-17(6-8-19)26-22(21-10-9-20(30)13-25(21)31)11-12-23-24(26)15-33-27(23)34-28(35)18-3-1-16(14-32)2-4-18/h1-10,13,22-24,26H,11-12,15H2,(H,33,34,35)/t22-,23+,24+,26-/m0/s1. The van der Waals surface area contributed by atoms with Gasteiger partial charge in [0, 0.05) is 33.1 Å². The van der Waals surface area contributed by atoms with Crippen molar-refractivity contribution >= 4 is 46.5 Å². The fourth-order valence-corrected chi connectivity index (χ4v) is 6.21. The van der Waals surface area contributed by atoms with Crippen LogP contribution in [0.5, 0.6) is 0 Å². The van der Waals surface area contributed by atoms with Crippen LogP contribution in [-0.2, 0) is 0 Å². The van der Waals surface area contributed by atoms with Crippen molar-refractivity contribution in [1.82, 2.24) is 5.32 Å². The maximum absolute atomic E-state index is 12.9. The second-order valence-corrected chi connectivity index (χ2v) is 10.3. The summed E-state index contributed by atoms with van der Waals surface area (Å²) in [5.74, 6) is 1.26. The van der Waals surface area contributed by atoms with E-state index in [-0.39, 0.29) is 29.6 Å². The maximum atomic E-state index is 12.9. The van der Waals surface area contributed by atoms with Gasteiger partial charge in [0.05, 0.1) is 11.6 Å². The van der Waals surface area contributed by atoms with Gasteiger partial charge in [-0.15, -0.1) is 0 Å². The van der Waals surface area contributed by atoms with Crippen LogP contribution in [0.2, 0.25) is 15.1 Å². The van der Waals surface area contributed by atoms with Gasteiger partial charge in [-0.25, -0.2) is 0 Å². The van der Waals surface area contributed by atoms with E-state index in [0.717, 1.165) is 24.2 Å². The van der Waals surface area contributed by atoms with E-state index in [0.29, 0.717) is 32.7 Å². The summed E-state index contributed by atoms with van der Waals surface area (Å²) in [5.41, 5.74) is 3.30. The lowest BCUT2D eigenvalue weighted by Gasteiger charge is -2.41. The summed E-state index contributed by atoms with van der Waals surface area (Å²) < 4.78 is 0. The minimum Gasteiger partial charge on any atom is -0.310 e. The van der Waals surface area contributed by atoms with Crippen molar-refractivity contribution < 1.29 is 4.79 Å². The molecule has 176 valence electrons. The van der Waals surface area contributed by atoms with Crippen LogP contribution in [0.1, 0.15) is 51.7 Å². The minimum atomic E-state index is -0.209. The molecule has 3 aromatic rings. The van der Waals surface area contributed by atoms with Crippen LogP contribution in [0.4, 0.5) is 0 Å². The Morgan fingerprint density at radius 2 is 1.60 bits per heavy atom. The molecule has 0 spiro atoms. The van der Waals surface area contributed by atoms with E-state index in [1.54, 1.807) is 30.3 Å². The highest BCUT2D eigenvalue weighted by Gasteiger charge is 2.46. The topological polar surface area (TPSA) is 65.2 Å². The van der Waals surface area contributed by atoms with Crippen LogP contribution in [0.15, 0.2) is 71.7 Å². The smallest absolute Gasteiger partial charge is 0.256 e. The van der Waals surface area contributed by atoms with Crippen LogP contribution >= 0.6 is 34.8 Å². The predicted molar refractivity (Wildman–Crippen MR) is 141 cm³/mol. The van der Waals surface area contributed by atoms with E-state index in [9.17, 15) is 4.79 Å². The molecule has 7 heteroatoms. The molecule has 0 saturated heterocycles. The number of carbonyl (C=O) groups is 1. The first-order chi connectivity index (χ1) is 16.9. The van der Waals surface area contributed by atoms with Crippen LogP contribution in [0.3, 0.4) is 0 Å². The van der Waals surface area contributed by atoms with E-state index in [4.69, 9.17) is 45.1 Å². The quantitative estimate of drug-likeness (QED) is 0.393. The fraction of sp³-hybridized carbons (Fsp3) is 0.250. The molecule has 3 aromatic carbocycles. The molecule has 5 rings (SSSR count). The molecule has 2 aliphatic rings. The number of halogens is 3. The number of nitriles is 1. The normalized spacial score (nSPS) is 23.2. The molecule has 0 bridgehead atoms. The summed E-state index contributed by atoms with van der Waals surface area (Å²) in [5, 5.41) is 14.0. The molecular weight excluding hydrogens is 501 g/mol. The molecule has 4 nitrogen and oxygen atoms in total. The monoisotopic (exact) mass is 521 g/mol. The number of nitrogens with one attached hydrogen (secondary N) is 1. The highest BCUT2D eigenvalue weighted by molar-refractivity contribution is 6.35. The first kappa shape index (κ1) is 23.9. The van der Waals surface area contributed by atoms with Crippen molar-refractivity contribution in [2.75, 3.05) is 6.54 Å². The molecule has 35 heavy (non-hydrogen) atoms. The summed E-state index contributed by atoms with van der Waals surface area (Å²) in [4.78, 5) is 17.7. The number of hydrogen-bond acceptors (Lipinski definition) is 3. The van der Waals surface area contributed by atoms with Gasteiger partial charge in [-0.3, -0.25) is 9.79 Å². The van der Waals surface area contributed by atoms with Gasteiger partial charge in [-0.05, 0) is 90.3 Å². The Morgan fingerprint density at radius 3 is 2.29 bits per heavy atom. The Labute approximate surface area is 219 Å². The van der Waals surface area contributed by atoms with Gasteiger partial charge in [0.25, 0.3) is 5.91 Å². The van der Waals surface area contributed by atoms with E-state index in [2.05, 4.69) is 23.5 Å². The first-order valence-corrected chi connectivity index (χ1v) is 12.6. The van der Waals surface area contributed by atoms with Crippen molar-refractivity contribution in [2.24, 2.45) is 16.8 Å². The van der Waals surface area contributed by atoms with E-state index >= 15 is 0 Å². The van der Waals surface area contributed by atoms with Gasteiger partial charge in [-0.1, -0.05) is 53.0 Å². The summed E-state index contributed by atoms with van der Waals surface area (Å²) in [6.45, 7) is 0.628. The molecule has 0 unspecified atom stereocenters. The highest BCUT2D eigenvalue weighted by atomic mass is 35.5. The second-order valence-electron chi connectivity index (χ2n) is 9.07. The van der Waals surface area contributed by atoms with Gasteiger partial charge in [0.1, 0.15) is 5.84 Å². The minimum absolute atomic E-state index is 0.139. The number of carbonyl (C=O) groups excluding carboxylic acids is 1. The number of hydrogen-bond donors (Lipinski definition) is 1. The Balaban J connectivity index is 1.43. The van der Waals surface area contributed by atoms with Gasteiger partial charge in [0.2, 0.25) is 0 Å². The van der Waals surface area contributed by atoms with Crippen LogP contribution in [0, 0.1) is 23.2 Å². The Kier molecular flexibility index (Phi) is 6.84. The SMILES string of the molecule is N#Cc1ccc(C(=O)NC2=NC[C@H]3[C@@H](c4ccc(Cl)cc4)[C@H](c4ccc(Cl)cc4Cl)CC[C@@H]23)cc1. The predicted octanol–water partition coefficient (Wildman–Crippen LogP) is 7.25. The largest absolute Gasteiger partial charge is 0.310 e. The summed E-state index contributed by atoms with van der Waals surface area (Å²) in [7, 11) is 0. The van der Waals surface area contributed by atoms with Crippen LogP contribution < -0.4 is 5.32 Å². The lowest BCUT2D eigenvalue weighted by Crippen LogP contribution is -2.40. The average Bonchev–Trinajstić information content (AvgIpc) is 3.27. The van der Waals surface area contributed by atoms with Crippen molar-refractivity contribution in [2.45, 2.75) is 24.7 Å². The second kappa shape index (κ2) is 10.0. The third-order valence-corrected chi connectivity index (χ3v) is 7.97. The lowest BCUT2D eigenvalue weighted by atomic mass is 9.63. The number of nitrogens with zero attached hydrogens (tertiary/aromatic N) is 2. The van der Waals surface area contributed by atoms with E-state index in [1.807, 2.05) is 24.3 Å². The molecule has 1 aliphatic carbocycles. The number of amides is 1. The molecule has 1 saturated carbocycles. The van der Waals surface area contributed by atoms with Crippen molar-refractivity contribution in [1.29, 1.82) is 5.26 Å². The Hall–Kier alpha value is -2.84. The first-order valence-electron chi connectivity index (χ1n) is 11.5. The zero-order valence-electron chi connectivity index (χ0n) is 18.7. The van der Waals surface area contributed by atoms with Crippen molar-refractivity contribution in [3.8, 4) is 6.07 Å². The molecular formula is C28H22Cl3N3O. The van der Waals surface area contributed by atoms with Gasteiger partial charge >= 0.3 is 0 Å².